The van der Waals surface area contributed by atoms with Gasteiger partial charge in [0.2, 0.25) is 10.0 Å². The molecule has 0 aliphatic carbocycles. The maximum Gasteiger partial charge on any atom is 0.244 e. The van der Waals surface area contributed by atoms with Crippen molar-refractivity contribution in [2.45, 2.75) is 32.2 Å². The Hall–Kier alpha value is -0.500. The molecule has 2 N–H and O–H groups in total. The first-order valence-corrected chi connectivity index (χ1v) is 9.43. The zero-order valence-electron chi connectivity index (χ0n) is 12.7. The largest absolute Gasteiger partial charge is 0.465 e. The maximum absolute atomic E-state index is 12.5. The van der Waals surface area contributed by atoms with Crippen LogP contribution in [0.1, 0.15) is 24.0 Å². The van der Waals surface area contributed by atoms with E-state index >= 15 is 0 Å². The molecule has 0 saturated heterocycles. The summed E-state index contributed by atoms with van der Waals surface area (Å²) < 4.78 is 33.1. The molecule has 0 bridgehead atoms. The monoisotopic (exact) mass is 320 g/mol. The fourth-order valence-corrected chi connectivity index (χ4v) is 4.41. The number of sulfonamides is 1. The number of hydrogen-bond acceptors (Lipinski definition) is 5. The van der Waals surface area contributed by atoms with Crippen molar-refractivity contribution >= 4 is 21.8 Å². The molecule has 20 heavy (non-hydrogen) atoms. The van der Waals surface area contributed by atoms with E-state index in [0.29, 0.717) is 36.1 Å². The second-order valence-corrected chi connectivity index (χ2v) is 7.58. The molecule has 0 aliphatic rings. The quantitative estimate of drug-likeness (QED) is 0.765. The first kappa shape index (κ1) is 17.6. The van der Waals surface area contributed by atoms with Crippen molar-refractivity contribution in [2.24, 2.45) is 5.92 Å². The van der Waals surface area contributed by atoms with Crippen molar-refractivity contribution in [1.82, 2.24) is 10.0 Å². The minimum absolute atomic E-state index is 0.278. The van der Waals surface area contributed by atoms with Gasteiger partial charge in [-0.25, -0.2) is 13.1 Å². The molecule has 0 fully saturated rings. The summed E-state index contributed by atoms with van der Waals surface area (Å²) in [5.41, 5.74) is 0.704. The van der Waals surface area contributed by atoms with Gasteiger partial charge in [-0.3, -0.25) is 0 Å². The van der Waals surface area contributed by atoms with E-state index in [9.17, 15) is 8.42 Å². The summed E-state index contributed by atoms with van der Waals surface area (Å²) in [6, 6.07) is 0. The Morgan fingerprint density at radius 1 is 1.30 bits per heavy atom. The third-order valence-corrected chi connectivity index (χ3v) is 5.54. The van der Waals surface area contributed by atoms with Crippen molar-refractivity contribution in [3.63, 3.8) is 0 Å². The summed E-state index contributed by atoms with van der Waals surface area (Å²) in [5, 5.41) is 2.98. The Balaban J connectivity index is 2.97. The van der Waals surface area contributed by atoms with Crippen molar-refractivity contribution in [1.29, 1.82) is 0 Å². The Bertz CT molecular complexity index is 538. The molecule has 1 aromatic rings. The third kappa shape index (κ3) is 4.25. The Morgan fingerprint density at radius 3 is 2.50 bits per heavy atom. The third-order valence-electron chi connectivity index (χ3n) is 3.02. The smallest absolute Gasteiger partial charge is 0.244 e. The molecule has 1 heterocycles. The first-order valence-electron chi connectivity index (χ1n) is 6.55. The minimum Gasteiger partial charge on any atom is -0.465 e. The number of hydrogen-bond donors (Lipinski definition) is 2. The number of nitrogens with one attached hydrogen (secondary N) is 2. The van der Waals surface area contributed by atoms with Gasteiger partial charge in [-0.1, -0.05) is 6.92 Å². The highest BCUT2D eigenvalue weighted by Gasteiger charge is 2.26. The molecular formula is C13H24N2O3S2. The van der Waals surface area contributed by atoms with E-state index in [0.717, 1.165) is 5.75 Å². The molecule has 5 nitrogen and oxygen atoms in total. The summed E-state index contributed by atoms with van der Waals surface area (Å²) in [5.74, 6) is 2.31. The van der Waals surface area contributed by atoms with Crippen LogP contribution >= 0.6 is 11.8 Å². The van der Waals surface area contributed by atoms with Crippen LogP contribution in [0.25, 0.3) is 0 Å². The second-order valence-electron chi connectivity index (χ2n) is 4.96. The lowest BCUT2D eigenvalue weighted by atomic mass is 10.2. The van der Waals surface area contributed by atoms with Crippen LogP contribution in [0.5, 0.6) is 0 Å². The number of rotatable bonds is 8. The lowest BCUT2D eigenvalue weighted by Crippen LogP contribution is -2.30. The topological polar surface area (TPSA) is 71.3 Å². The number of thioether (sulfide) groups is 1. The molecule has 0 saturated carbocycles. The molecule has 116 valence electrons. The summed E-state index contributed by atoms with van der Waals surface area (Å²) in [6.45, 7) is 6.41. The van der Waals surface area contributed by atoms with Crippen molar-refractivity contribution in [3.8, 4) is 0 Å². The van der Waals surface area contributed by atoms with Gasteiger partial charge in [0.15, 0.2) is 0 Å². The molecule has 0 aliphatic heterocycles. The fraction of sp³-hybridized carbons (Fsp3) is 0.692. The van der Waals surface area contributed by atoms with Gasteiger partial charge in [0.25, 0.3) is 0 Å². The van der Waals surface area contributed by atoms with Gasteiger partial charge in [-0.2, -0.15) is 11.8 Å². The van der Waals surface area contributed by atoms with Crippen LogP contribution in [0.2, 0.25) is 0 Å². The van der Waals surface area contributed by atoms with Crippen molar-refractivity contribution in [2.75, 3.05) is 25.6 Å². The fourth-order valence-electron chi connectivity index (χ4n) is 2.11. The standard InChI is InChI=1S/C13H24N2O3S2/c1-9(8-19-5)6-15-20(16,17)13-11(3)18-10(2)12(13)7-14-4/h9,14-15H,6-8H2,1-5H3. The van der Waals surface area contributed by atoms with Crippen LogP contribution in [0, 0.1) is 19.8 Å². The lowest BCUT2D eigenvalue weighted by molar-refractivity contribution is 0.493. The normalized spacial score (nSPS) is 13.7. The molecule has 0 amide bonds. The van der Waals surface area contributed by atoms with E-state index in [1.54, 1.807) is 32.7 Å². The van der Waals surface area contributed by atoms with E-state index in [4.69, 9.17) is 4.42 Å². The lowest BCUT2D eigenvalue weighted by Gasteiger charge is -2.12. The molecule has 1 aromatic heterocycles. The first-order chi connectivity index (χ1) is 9.33. The highest BCUT2D eigenvalue weighted by molar-refractivity contribution is 7.98. The van der Waals surface area contributed by atoms with Crippen molar-refractivity contribution in [3.05, 3.63) is 17.1 Å². The molecule has 1 rings (SSSR count). The summed E-state index contributed by atoms with van der Waals surface area (Å²) in [4.78, 5) is 0.278. The predicted molar refractivity (Wildman–Crippen MR) is 83.7 cm³/mol. The van der Waals surface area contributed by atoms with Gasteiger partial charge in [0.05, 0.1) is 0 Å². The molecular weight excluding hydrogens is 296 g/mol. The molecule has 0 aromatic carbocycles. The Morgan fingerprint density at radius 2 is 1.95 bits per heavy atom. The number of furan rings is 1. The Labute approximate surface area is 125 Å². The maximum atomic E-state index is 12.5. The van der Waals surface area contributed by atoms with E-state index in [2.05, 4.69) is 10.0 Å². The molecule has 1 atom stereocenters. The van der Waals surface area contributed by atoms with Crippen molar-refractivity contribution < 1.29 is 12.8 Å². The summed E-state index contributed by atoms with van der Waals surface area (Å²) in [6.07, 6.45) is 2.01. The van der Waals surface area contributed by atoms with Crippen LogP contribution in [0.4, 0.5) is 0 Å². The van der Waals surface area contributed by atoms with Gasteiger partial charge in [0, 0.05) is 18.7 Å². The zero-order valence-corrected chi connectivity index (χ0v) is 14.4. The SMILES string of the molecule is CNCc1c(C)oc(C)c1S(=O)(=O)NCC(C)CSC. The minimum atomic E-state index is -3.53. The van der Waals surface area contributed by atoms with E-state index < -0.39 is 10.0 Å². The average molecular weight is 320 g/mol. The van der Waals surface area contributed by atoms with E-state index in [1.165, 1.54) is 0 Å². The molecule has 0 spiro atoms. The van der Waals surface area contributed by atoms with E-state index in [1.807, 2.05) is 13.2 Å². The molecule has 1 unspecified atom stereocenters. The van der Waals surface area contributed by atoms with Crippen LogP contribution in [-0.4, -0.2) is 34.0 Å². The van der Waals surface area contributed by atoms with Gasteiger partial charge in [0.1, 0.15) is 16.4 Å². The summed E-state index contributed by atoms with van der Waals surface area (Å²) >= 11 is 1.71. The van der Waals surface area contributed by atoms with Gasteiger partial charge < -0.3 is 9.73 Å². The van der Waals surface area contributed by atoms with Crippen LogP contribution in [-0.2, 0) is 16.6 Å². The molecule has 7 heteroatoms. The van der Waals surface area contributed by atoms with Crippen LogP contribution in [0.3, 0.4) is 0 Å². The summed E-state index contributed by atoms with van der Waals surface area (Å²) in [7, 11) is -1.75. The predicted octanol–water partition coefficient (Wildman–Crippen LogP) is 1.89. The molecule has 0 radical (unpaired) electrons. The van der Waals surface area contributed by atoms with Crippen LogP contribution in [0.15, 0.2) is 9.31 Å². The zero-order chi connectivity index (χ0) is 15.3. The van der Waals surface area contributed by atoms with E-state index in [-0.39, 0.29) is 4.90 Å². The van der Waals surface area contributed by atoms with Crippen LogP contribution < -0.4 is 10.0 Å². The van der Waals surface area contributed by atoms with Gasteiger partial charge in [-0.05, 0) is 38.8 Å². The Kier molecular flexibility index (Phi) is 6.57. The van der Waals surface area contributed by atoms with Gasteiger partial charge >= 0.3 is 0 Å². The number of aryl methyl sites for hydroxylation is 2. The second kappa shape index (κ2) is 7.49. The highest BCUT2D eigenvalue weighted by Crippen LogP contribution is 2.26. The highest BCUT2D eigenvalue weighted by atomic mass is 32.2. The average Bonchev–Trinajstić information content (AvgIpc) is 2.63. The van der Waals surface area contributed by atoms with Gasteiger partial charge in [-0.15, -0.1) is 0 Å².